The van der Waals surface area contributed by atoms with Gasteiger partial charge in [0.25, 0.3) is 0 Å². The minimum Gasteiger partial charge on any atom is -0.445 e. The summed E-state index contributed by atoms with van der Waals surface area (Å²) in [7, 11) is 0. The molecule has 2 saturated heterocycles. The number of β-amino-alcohol motifs (C(OH)–C–C–N with tert-alkyl or cyclic N) is 1. The summed E-state index contributed by atoms with van der Waals surface area (Å²) in [6.45, 7) is 9.18. The summed E-state index contributed by atoms with van der Waals surface area (Å²) in [6, 6.07) is 0. The maximum absolute atomic E-state index is 12.6. The first-order valence-electron chi connectivity index (χ1n) is 8.40. The second kappa shape index (κ2) is 8.22. The van der Waals surface area contributed by atoms with Crippen LogP contribution in [-0.2, 0) is 14.3 Å². The number of ether oxygens (including phenoxy) is 2. The highest BCUT2D eigenvalue weighted by atomic mass is 16.6. The van der Waals surface area contributed by atoms with Crippen LogP contribution < -0.4 is 0 Å². The second-order valence-electron chi connectivity index (χ2n) is 6.38. The standard InChI is InChI=1S/C17H25N3O6/c1-4-8-25-15(23)18-6-7-19(14(22)12-18)17(3)10-13(21)11-20(17)16(24)26-9-5-2/h4-5,13,21H,1-2,6-12H2,3H3/t13-,17+/m1/s1. The van der Waals surface area contributed by atoms with Gasteiger partial charge >= 0.3 is 12.2 Å². The van der Waals surface area contributed by atoms with Crippen LogP contribution in [0.25, 0.3) is 0 Å². The molecule has 3 amide bonds. The van der Waals surface area contributed by atoms with Crippen molar-refractivity contribution in [2.45, 2.75) is 25.1 Å². The third kappa shape index (κ3) is 3.98. The van der Waals surface area contributed by atoms with Gasteiger partial charge in [0.1, 0.15) is 25.4 Å². The summed E-state index contributed by atoms with van der Waals surface area (Å²) in [6.07, 6.45) is 1.13. The zero-order valence-corrected chi connectivity index (χ0v) is 14.9. The molecule has 1 N–H and O–H groups in total. The Hall–Kier alpha value is -2.55. The highest BCUT2D eigenvalue weighted by Gasteiger charge is 2.51. The van der Waals surface area contributed by atoms with Crippen molar-refractivity contribution in [3.63, 3.8) is 0 Å². The van der Waals surface area contributed by atoms with Crippen molar-refractivity contribution >= 4 is 18.1 Å². The number of aliphatic hydroxyl groups excluding tert-OH is 1. The maximum Gasteiger partial charge on any atom is 0.412 e. The van der Waals surface area contributed by atoms with Crippen molar-refractivity contribution in [1.29, 1.82) is 0 Å². The zero-order chi connectivity index (χ0) is 19.3. The quantitative estimate of drug-likeness (QED) is 0.713. The molecule has 0 aliphatic carbocycles. The molecule has 0 aromatic heterocycles. The predicted octanol–water partition coefficient (Wildman–Crippen LogP) is 0.559. The molecule has 0 spiro atoms. The minimum atomic E-state index is -1.02. The molecular weight excluding hydrogens is 342 g/mol. The molecule has 0 unspecified atom stereocenters. The van der Waals surface area contributed by atoms with Gasteiger partial charge in [-0.3, -0.25) is 14.6 Å². The fourth-order valence-electron chi connectivity index (χ4n) is 3.32. The summed E-state index contributed by atoms with van der Waals surface area (Å²) in [5.41, 5.74) is -1.02. The highest BCUT2D eigenvalue weighted by Crippen LogP contribution is 2.34. The smallest absolute Gasteiger partial charge is 0.412 e. The van der Waals surface area contributed by atoms with E-state index < -0.39 is 24.0 Å². The number of nitrogens with zero attached hydrogens (tertiary/aromatic N) is 3. The third-order valence-electron chi connectivity index (χ3n) is 4.53. The minimum absolute atomic E-state index is 0.0401. The van der Waals surface area contributed by atoms with Crippen LogP contribution in [0.1, 0.15) is 13.3 Å². The monoisotopic (exact) mass is 367 g/mol. The molecule has 0 bridgehead atoms. The lowest BCUT2D eigenvalue weighted by Gasteiger charge is -2.47. The molecule has 9 heteroatoms. The fraction of sp³-hybridized carbons (Fsp3) is 0.588. The predicted molar refractivity (Wildman–Crippen MR) is 92.1 cm³/mol. The summed E-state index contributed by atoms with van der Waals surface area (Å²) in [5.74, 6) is -0.329. The maximum atomic E-state index is 12.6. The molecule has 2 rings (SSSR count). The van der Waals surface area contributed by atoms with Gasteiger partial charge in [-0.25, -0.2) is 9.59 Å². The van der Waals surface area contributed by atoms with Gasteiger partial charge in [0, 0.05) is 19.5 Å². The molecule has 9 nitrogen and oxygen atoms in total. The van der Waals surface area contributed by atoms with Crippen molar-refractivity contribution in [3.05, 3.63) is 25.3 Å². The summed E-state index contributed by atoms with van der Waals surface area (Å²) < 4.78 is 10.0. The van der Waals surface area contributed by atoms with Gasteiger partial charge in [0.05, 0.1) is 12.6 Å². The molecule has 0 aromatic carbocycles. The number of carbonyl (C=O) groups is 3. The Morgan fingerprint density at radius 2 is 1.85 bits per heavy atom. The Balaban J connectivity index is 2.09. The van der Waals surface area contributed by atoms with E-state index in [1.807, 2.05) is 0 Å². The molecule has 0 radical (unpaired) electrons. The summed E-state index contributed by atoms with van der Waals surface area (Å²) >= 11 is 0. The molecule has 2 atom stereocenters. The van der Waals surface area contributed by atoms with Gasteiger partial charge in [-0.1, -0.05) is 25.3 Å². The molecule has 2 fully saturated rings. The van der Waals surface area contributed by atoms with Gasteiger partial charge < -0.3 is 19.5 Å². The van der Waals surface area contributed by atoms with E-state index in [0.717, 1.165) is 0 Å². The van der Waals surface area contributed by atoms with Crippen LogP contribution in [0.2, 0.25) is 0 Å². The van der Waals surface area contributed by atoms with E-state index in [2.05, 4.69) is 13.2 Å². The second-order valence-corrected chi connectivity index (χ2v) is 6.38. The van der Waals surface area contributed by atoms with Crippen molar-refractivity contribution < 1.29 is 29.0 Å². The lowest BCUT2D eigenvalue weighted by Crippen LogP contribution is -2.65. The van der Waals surface area contributed by atoms with E-state index >= 15 is 0 Å². The first kappa shape index (κ1) is 19.8. The average Bonchev–Trinajstić information content (AvgIpc) is 2.92. The van der Waals surface area contributed by atoms with Gasteiger partial charge in [0.15, 0.2) is 0 Å². The topological polar surface area (TPSA) is 99.6 Å². The van der Waals surface area contributed by atoms with Crippen LogP contribution in [0.3, 0.4) is 0 Å². The number of amides is 3. The van der Waals surface area contributed by atoms with Crippen LogP contribution in [0.4, 0.5) is 9.59 Å². The number of piperazine rings is 1. The van der Waals surface area contributed by atoms with Crippen LogP contribution in [-0.4, -0.2) is 89.1 Å². The van der Waals surface area contributed by atoms with E-state index in [0.29, 0.717) is 0 Å². The van der Waals surface area contributed by atoms with Crippen LogP contribution in [0.15, 0.2) is 25.3 Å². The first-order chi connectivity index (χ1) is 12.3. The Morgan fingerprint density at radius 1 is 1.23 bits per heavy atom. The molecule has 2 heterocycles. The van der Waals surface area contributed by atoms with Crippen LogP contribution in [0, 0.1) is 0 Å². The number of aliphatic hydroxyl groups is 1. The van der Waals surface area contributed by atoms with Crippen LogP contribution >= 0.6 is 0 Å². The largest absolute Gasteiger partial charge is 0.445 e. The Morgan fingerprint density at radius 3 is 2.42 bits per heavy atom. The number of rotatable bonds is 5. The normalized spacial score (nSPS) is 25.8. The van der Waals surface area contributed by atoms with E-state index in [1.165, 1.54) is 26.9 Å². The van der Waals surface area contributed by atoms with Gasteiger partial charge in [0.2, 0.25) is 5.91 Å². The van der Waals surface area contributed by atoms with E-state index in [9.17, 15) is 19.5 Å². The van der Waals surface area contributed by atoms with Crippen molar-refractivity contribution in [3.8, 4) is 0 Å². The van der Waals surface area contributed by atoms with Crippen molar-refractivity contribution in [2.75, 3.05) is 39.4 Å². The van der Waals surface area contributed by atoms with E-state index in [-0.39, 0.29) is 51.7 Å². The number of carbonyl (C=O) groups excluding carboxylic acids is 3. The molecular formula is C17H25N3O6. The van der Waals surface area contributed by atoms with Gasteiger partial charge in [-0.2, -0.15) is 0 Å². The molecule has 0 aromatic rings. The lowest BCUT2D eigenvalue weighted by atomic mass is 10.0. The fourth-order valence-corrected chi connectivity index (χ4v) is 3.32. The third-order valence-corrected chi connectivity index (χ3v) is 4.53. The Bertz CT molecular complexity index is 595. The SMILES string of the molecule is C=CCOC(=O)N1CCN([C@]2(C)C[C@@H](O)CN2C(=O)OCC=C)C(=O)C1. The molecule has 26 heavy (non-hydrogen) atoms. The molecule has 2 aliphatic heterocycles. The molecule has 0 saturated carbocycles. The zero-order valence-electron chi connectivity index (χ0n) is 14.9. The van der Waals surface area contributed by atoms with Gasteiger partial charge in [-0.05, 0) is 6.92 Å². The Kier molecular flexibility index (Phi) is 6.25. The number of hydrogen-bond donors (Lipinski definition) is 1. The van der Waals surface area contributed by atoms with Gasteiger partial charge in [-0.15, -0.1) is 0 Å². The van der Waals surface area contributed by atoms with Crippen molar-refractivity contribution in [1.82, 2.24) is 14.7 Å². The Labute approximate surface area is 152 Å². The molecule has 144 valence electrons. The van der Waals surface area contributed by atoms with E-state index in [4.69, 9.17) is 9.47 Å². The highest BCUT2D eigenvalue weighted by molar-refractivity contribution is 5.84. The molecule has 2 aliphatic rings. The lowest BCUT2D eigenvalue weighted by molar-refractivity contribution is -0.148. The average molecular weight is 367 g/mol. The number of hydrogen-bond acceptors (Lipinski definition) is 6. The van der Waals surface area contributed by atoms with Crippen molar-refractivity contribution in [2.24, 2.45) is 0 Å². The number of likely N-dealkylation sites (tertiary alicyclic amines) is 1. The summed E-state index contributed by atoms with van der Waals surface area (Å²) in [5, 5.41) is 10.1. The first-order valence-corrected chi connectivity index (χ1v) is 8.40. The van der Waals surface area contributed by atoms with E-state index in [1.54, 1.807) is 6.92 Å². The van der Waals surface area contributed by atoms with Crippen LogP contribution in [0.5, 0.6) is 0 Å². The summed E-state index contributed by atoms with van der Waals surface area (Å²) in [4.78, 5) is 41.0.